The van der Waals surface area contributed by atoms with Gasteiger partial charge in [-0.2, -0.15) is 4.31 Å². The van der Waals surface area contributed by atoms with E-state index in [1.54, 1.807) is 5.48 Å². The molecule has 0 unspecified atom stereocenters. The number of hydroxylamine groups is 1. The Balaban J connectivity index is 4.15. The van der Waals surface area contributed by atoms with Crippen LogP contribution in [-0.4, -0.2) is 42.7 Å². The van der Waals surface area contributed by atoms with Gasteiger partial charge in [0.15, 0.2) is 0 Å². The van der Waals surface area contributed by atoms with E-state index in [0.717, 1.165) is 38.5 Å². The molecule has 0 radical (unpaired) electrons. The van der Waals surface area contributed by atoms with Crippen LogP contribution in [0.3, 0.4) is 0 Å². The maximum Gasteiger partial charge on any atom is 0.258 e. The summed E-state index contributed by atoms with van der Waals surface area (Å²) in [6.45, 7) is 4.43. The van der Waals surface area contributed by atoms with Crippen LogP contribution in [0.1, 0.15) is 117 Å². The second-order valence-electron chi connectivity index (χ2n) is 8.13. The zero-order valence-corrected chi connectivity index (χ0v) is 19.8. The molecule has 0 spiro atoms. The van der Waals surface area contributed by atoms with Gasteiger partial charge < -0.3 is 0 Å². The van der Waals surface area contributed by atoms with Gasteiger partial charge in [-0.1, -0.05) is 104 Å². The highest BCUT2D eigenvalue weighted by molar-refractivity contribution is 7.89. The Morgan fingerprint density at radius 1 is 0.724 bits per heavy atom. The minimum absolute atomic E-state index is 0.0790. The molecule has 0 rings (SSSR count). The monoisotopic (exact) mass is 434 g/mol. The van der Waals surface area contributed by atoms with Crippen LogP contribution in [0.4, 0.5) is 0 Å². The first-order chi connectivity index (χ1) is 14.0. The van der Waals surface area contributed by atoms with Crippen molar-refractivity contribution in [3.05, 3.63) is 0 Å². The molecule has 0 bridgehead atoms. The zero-order valence-electron chi connectivity index (χ0n) is 19.0. The number of sulfonamides is 1. The molecule has 7 heteroatoms. The quantitative estimate of drug-likeness (QED) is 0.144. The number of nitrogens with one attached hydrogen (secondary N) is 1. The summed E-state index contributed by atoms with van der Waals surface area (Å²) in [4.78, 5) is 11.5. The Morgan fingerprint density at radius 2 is 1.14 bits per heavy atom. The maximum atomic E-state index is 12.6. The summed E-state index contributed by atoms with van der Waals surface area (Å²) < 4.78 is 26.5. The maximum absolute atomic E-state index is 12.6. The van der Waals surface area contributed by atoms with E-state index >= 15 is 0 Å². The van der Waals surface area contributed by atoms with Crippen LogP contribution < -0.4 is 5.48 Å². The third kappa shape index (κ3) is 16.8. The summed E-state index contributed by atoms with van der Waals surface area (Å²) >= 11 is 0. The van der Waals surface area contributed by atoms with Crippen molar-refractivity contribution in [1.29, 1.82) is 0 Å². The Hall–Kier alpha value is -0.660. The standard InChI is InChI=1S/C22H46N2O4S/c1-3-5-7-9-11-12-13-14-15-17-19-24(21-22(25)23-26)29(27,28)20-18-16-10-8-6-4-2/h26H,3-21H2,1-2H3,(H,23,25). The van der Waals surface area contributed by atoms with Crippen molar-refractivity contribution in [3.8, 4) is 0 Å². The number of hydrogen-bond donors (Lipinski definition) is 2. The molecule has 0 aliphatic heterocycles. The van der Waals surface area contributed by atoms with Crippen LogP contribution in [-0.2, 0) is 14.8 Å². The average molecular weight is 435 g/mol. The fraction of sp³-hybridized carbons (Fsp3) is 0.955. The number of hydrogen-bond acceptors (Lipinski definition) is 4. The summed E-state index contributed by atoms with van der Waals surface area (Å²) in [5, 5.41) is 8.77. The van der Waals surface area contributed by atoms with E-state index in [0.29, 0.717) is 13.0 Å². The molecule has 6 nitrogen and oxygen atoms in total. The molecule has 0 aromatic heterocycles. The van der Waals surface area contributed by atoms with Crippen LogP contribution in [0.5, 0.6) is 0 Å². The van der Waals surface area contributed by atoms with Crippen molar-refractivity contribution in [2.24, 2.45) is 0 Å². The fourth-order valence-electron chi connectivity index (χ4n) is 3.48. The lowest BCUT2D eigenvalue weighted by atomic mass is 10.1. The summed E-state index contributed by atoms with van der Waals surface area (Å²) in [5.74, 6) is -0.598. The van der Waals surface area contributed by atoms with Gasteiger partial charge in [0.25, 0.3) is 5.91 Å². The minimum Gasteiger partial charge on any atom is -0.289 e. The SMILES string of the molecule is CCCCCCCCCCCCN(CC(=O)NO)S(=O)(=O)CCCCCCCC. The Bertz CT molecular complexity index is 483. The highest BCUT2D eigenvalue weighted by Crippen LogP contribution is 2.13. The normalized spacial score (nSPS) is 11.9. The van der Waals surface area contributed by atoms with Gasteiger partial charge in [0.1, 0.15) is 0 Å². The van der Waals surface area contributed by atoms with E-state index in [2.05, 4.69) is 13.8 Å². The van der Waals surface area contributed by atoms with Gasteiger partial charge in [-0.05, 0) is 12.8 Å². The van der Waals surface area contributed by atoms with E-state index in [9.17, 15) is 13.2 Å². The average Bonchev–Trinajstić information content (AvgIpc) is 2.70. The third-order valence-corrected chi connectivity index (χ3v) is 7.26. The molecule has 29 heavy (non-hydrogen) atoms. The largest absolute Gasteiger partial charge is 0.289 e. The molecule has 0 atom stereocenters. The van der Waals surface area contributed by atoms with Crippen molar-refractivity contribution in [3.63, 3.8) is 0 Å². The van der Waals surface area contributed by atoms with Gasteiger partial charge in [-0.3, -0.25) is 10.0 Å². The molecule has 0 saturated heterocycles. The van der Waals surface area contributed by atoms with Crippen molar-refractivity contribution in [2.45, 2.75) is 117 Å². The number of carbonyl (C=O) groups is 1. The highest BCUT2D eigenvalue weighted by atomic mass is 32.2. The lowest BCUT2D eigenvalue weighted by Crippen LogP contribution is -2.41. The zero-order chi connectivity index (χ0) is 21.8. The molecule has 0 aromatic carbocycles. The van der Waals surface area contributed by atoms with Crippen LogP contribution in [0.25, 0.3) is 0 Å². The van der Waals surface area contributed by atoms with Gasteiger partial charge in [0.2, 0.25) is 10.0 Å². The van der Waals surface area contributed by atoms with Crippen LogP contribution in [0, 0.1) is 0 Å². The number of carbonyl (C=O) groups excluding carboxylic acids is 1. The molecule has 1 amide bonds. The third-order valence-electron chi connectivity index (χ3n) is 5.35. The van der Waals surface area contributed by atoms with E-state index in [1.807, 2.05) is 0 Å². The van der Waals surface area contributed by atoms with Crippen LogP contribution >= 0.6 is 0 Å². The lowest BCUT2D eigenvalue weighted by Gasteiger charge is -2.21. The molecule has 0 heterocycles. The first kappa shape index (κ1) is 28.3. The topological polar surface area (TPSA) is 86.7 Å². The van der Waals surface area contributed by atoms with Gasteiger partial charge >= 0.3 is 0 Å². The Labute approximate surface area is 179 Å². The Morgan fingerprint density at radius 3 is 1.59 bits per heavy atom. The highest BCUT2D eigenvalue weighted by Gasteiger charge is 2.23. The smallest absolute Gasteiger partial charge is 0.258 e. The number of nitrogens with zero attached hydrogens (tertiary/aromatic N) is 1. The summed E-state index contributed by atoms with van der Waals surface area (Å²) in [7, 11) is -3.47. The molecule has 174 valence electrons. The van der Waals surface area contributed by atoms with E-state index in [4.69, 9.17) is 5.21 Å². The van der Waals surface area contributed by atoms with Crippen molar-refractivity contribution >= 4 is 15.9 Å². The number of amides is 1. The van der Waals surface area contributed by atoms with Gasteiger partial charge in [-0.25, -0.2) is 13.9 Å². The minimum atomic E-state index is -3.47. The predicted octanol–water partition coefficient (Wildman–Crippen LogP) is 5.41. The molecule has 0 aromatic rings. The molecule has 2 N–H and O–H groups in total. The Kier molecular flexibility index (Phi) is 18.9. The summed E-state index contributed by atoms with van der Waals surface area (Å²) in [6.07, 6.45) is 17.9. The van der Waals surface area contributed by atoms with Crippen molar-refractivity contribution < 1.29 is 18.4 Å². The number of unbranched alkanes of at least 4 members (excludes halogenated alkanes) is 14. The molecular weight excluding hydrogens is 388 g/mol. The summed E-state index contributed by atoms with van der Waals surface area (Å²) in [6, 6.07) is 0. The van der Waals surface area contributed by atoms with E-state index in [-0.39, 0.29) is 12.3 Å². The van der Waals surface area contributed by atoms with Gasteiger partial charge in [-0.15, -0.1) is 0 Å². The fourth-order valence-corrected chi connectivity index (χ4v) is 5.03. The van der Waals surface area contributed by atoms with Gasteiger partial charge in [0, 0.05) is 6.54 Å². The molecule has 0 aliphatic carbocycles. The first-order valence-corrected chi connectivity index (χ1v) is 13.5. The van der Waals surface area contributed by atoms with Crippen molar-refractivity contribution in [1.82, 2.24) is 9.79 Å². The second kappa shape index (κ2) is 19.3. The summed E-state index contributed by atoms with van der Waals surface area (Å²) in [5.41, 5.74) is 1.55. The van der Waals surface area contributed by atoms with Crippen LogP contribution in [0.15, 0.2) is 0 Å². The first-order valence-electron chi connectivity index (χ1n) is 11.9. The van der Waals surface area contributed by atoms with E-state index in [1.165, 1.54) is 62.1 Å². The number of rotatable bonds is 21. The lowest BCUT2D eigenvalue weighted by molar-refractivity contribution is -0.129. The van der Waals surface area contributed by atoms with Crippen LogP contribution in [0.2, 0.25) is 0 Å². The van der Waals surface area contributed by atoms with Gasteiger partial charge in [0.05, 0.1) is 12.3 Å². The molecule has 0 fully saturated rings. The molecular formula is C22H46N2O4S. The predicted molar refractivity (Wildman–Crippen MR) is 121 cm³/mol. The van der Waals surface area contributed by atoms with E-state index < -0.39 is 15.9 Å². The molecule has 0 saturated carbocycles. The second-order valence-corrected chi connectivity index (χ2v) is 10.2. The molecule has 0 aliphatic rings. The van der Waals surface area contributed by atoms with Crippen molar-refractivity contribution in [2.75, 3.05) is 18.8 Å².